The Balaban J connectivity index is 0.00000200. The second-order valence-electron chi connectivity index (χ2n) is 5.97. The zero-order valence-electron chi connectivity index (χ0n) is 12.2. The minimum Gasteiger partial charge on any atom is -0.313 e. The molecule has 0 amide bonds. The quantitative estimate of drug-likeness (QED) is 0.745. The van der Waals surface area contributed by atoms with Crippen LogP contribution in [-0.2, 0) is 0 Å². The molecule has 1 fully saturated rings. The maximum absolute atomic E-state index is 6.18. The van der Waals surface area contributed by atoms with Crippen molar-refractivity contribution in [2.24, 2.45) is 5.92 Å². The number of hydrogen-bond acceptors (Lipinski definition) is 1. The molecule has 2 atom stereocenters. The van der Waals surface area contributed by atoms with E-state index in [1.165, 1.54) is 31.2 Å². The van der Waals surface area contributed by atoms with Gasteiger partial charge >= 0.3 is 0 Å². The Morgan fingerprint density at radius 2 is 1.95 bits per heavy atom. The zero-order valence-corrected chi connectivity index (χ0v) is 14.5. The van der Waals surface area contributed by atoms with E-state index in [4.69, 9.17) is 23.2 Å². The van der Waals surface area contributed by atoms with E-state index in [0.717, 1.165) is 6.54 Å². The number of rotatable bonds is 4. The summed E-state index contributed by atoms with van der Waals surface area (Å²) in [4.78, 5) is 0. The molecule has 2 unspecified atom stereocenters. The topological polar surface area (TPSA) is 12.0 Å². The van der Waals surface area contributed by atoms with Gasteiger partial charge in [0.2, 0.25) is 0 Å². The van der Waals surface area contributed by atoms with Gasteiger partial charge in [0.05, 0.1) is 10.0 Å². The molecule has 2 rings (SSSR count). The zero-order chi connectivity index (χ0) is 13.8. The summed E-state index contributed by atoms with van der Waals surface area (Å²) in [5.74, 6) is 1.22. The second kappa shape index (κ2) is 8.48. The van der Waals surface area contributed by atoms with Crippen molar-refractivity contribution in [2.45, 2.75) is 51.5 Å². The summed E-state index contributed by atoms with van der Waals surface area (Å²) in [6, 6.07) is 6.69. The van der Waals surface area contributed by atoms with Crippen molar-refractivity contribution in [1.29, 1.82) is 0 Å². The Morgan fingerprint density at radius 3 is 2.50 bits per heavy atom. The number of piperidine rings is 1. The van der Waals surface area contributed by atoms with Crippen LogP contribution in [0.1, 0.15) is 51.0 Å². The first-order valence-electron chi connectivity index (χ1n) is 7.26. The molecule has 1 N–H and O–H groups in total. The Morgan fingerprint density at radius 1 is 1.20 bits per heavy atom. The highest BCUT2D eigenvalue weighted by Crippen LogP contribution is 2.34. The molecule has 1 nitrogen and oxygen atoms in total. The van der Waals surface area contributed by atoms with E-state index < -0.39 is 0 Å². The van der Waals surface area contributed by atoms with Crippen LogP contribution < -0.4 is 5.32 Å². The SMILES string of the molecule is CC(C)CC(c1ccc(Cl)c(Cl)c1)C1CCCCN1.Cl. The predicted octanol–water partition coefficient (Wildman–Crippen LogP) is 5.69. The molecule has 0 spiro atoms. The lowest BCUT2D eigenvalue weighted by molar-refractivity contribution is 0.318. The van der Waals surface area contributed by atoms with Crippen molar-refractivity contribution in [3.05, 3.63) is 33.8 Å². The van der Waals surface area contributed by atoms with Gasteiger partial charge in [-0.3, -0.25) is 0 Å². The monoisotopic (exact) mass is 335 g/mol. The van der Waals surface area contributed by atoms with Gasteiger partial charge in [0, 0.05) is 6.04 Å². The van der Waals surface area contributed by atoms with E-state index in [1.807, 2.05) is 12.1 Å². The van der Waals surface area contributed by atoms with Gasteiger partial charge < -0.3 is 5.32 Å². The van der Waals surface area contributed by atoms with E-state index in [-0.39, 0.29) is 12.4 Å². The average Bonchev–Trinajstić information content (AvgIpc) is 2.40. The van der Waals surface area contributed by atoms with Crippen molar-refractivity contribution in [3.8, 4) is 0 Å². The minimum absolute atomic E-state index is 0. The van der Waals surface area contributed by atoms with Crippen molar-refractivity contribution in [1.82, 2.24) is 5.32 Å². The molecule has 1 saturated heterocycles. The molecule has 4 heteroatoms. The predicted molar refractivity (Wildman–Crippen MR) is 91.5 cm³/mol. The summed E-state index contributed by atoms with van der Waals surface area (Å²) in [6.07, 6.45) is 5.08. The standard InChI is InChI=1S/C16H23Cl2N.ClH/c1-11(2)9-13(16-5-3-4-8-19-16)12-6-7-14(17)15(18)10-12;/h6-7,10-11,13,16,19H,3-5,8-9H2,1-2H3;1H. The van der Waals surface area contributed by atoms with Crippen molar-refractivity contribution in [3.63, 3.8) is 0 Å². The van der Waals surface area contributed by atoms with Gasteiger partial charge in [-0.25, -0.2) is 0 Å². The summed E-state index contributed by atoms with van der Waals surface area (Å²) < 4.78 is 0. The lowest BCUT2D eigenvalue weighted by Crippen LogP contribution is -2.39. The molecule has 1 aliphatic rings. The maximum atomic E-state index is 6.18. The highest BCUT2D eigenvalue weighted by Gasteiger charge is 2.25. The average molecular weight is 337 g/mol. The molecule has 0 saturated carbocycles. The van der Waals surface area contributed by atoms with Crippen LogP contribution in [0.25, 0.3) is 0 Å². The van der Waals surface area contributed by atoms with Gasteiger partial charge in [0.15, 0.2) is 0 Å². The van der Waals surface area contributed by atoms with Crippen LogP contribution in [0.3, 0.4) is 0 Å². The van der Waals surface area contributed by atoms with Gasteiger partial charge in [0.25, 0.3) is 0 Å². The summed E-state index contributed by atoms with van der Waals surface area (Å²) in [5, 5.41) is 4.99. The molecule has 1 aromatic rings. The molecule has 114 valence electrons. The molecule has 20 heavy (non-hydrogen) atoms. The van der Waals surface area contributed by atoms with Gasteiger partial charge in [-0.2, -0.15) is 0 Å². The number of nitrogens with one attached hydrogen (secondary N) is 1. The van der Waals surface area contributed by atoms with Crippen molar-refractivity contribution >= 4 is 35.6 Å². The molecule has 0 aromatic heterocycles. The minimum atomic E-state index is 0. The largest absolute Gasteiger partial charge is 0.313 e. The fourth-order valence-corrected chi connectivity index (χ4v) is 3.31. The Bertz CT molecular complexity index is 414. The molecular weight excluding hydrogens is 313 g/mol. The van der Waals surface area contributed by atoms with Crippen LogP contribution >= 0.6 is 35.6 Å². The molecule has 1 aromatic carbocycles. The highest BCUT2D eigenvalue weighted by molar-refractivity contribution is 6.42. The maximum Gasteiger partial charge on any atom is 0.0595 e. The molecule has 1 heterocycles. The first kappa shape index (κ1) is 18.1. The van der Waals surface area contributed by atoms with E-state index in [2.05, 4.69) is 25.2 Å². The van der Waals surface area contributed by atoms with E-state index in [0.29, 0.717) is 27.9 Å². The third-order valence-corrected chi connectivity index (χ3v) is 4.67. The first-order valence-corrected chi connectivity index (χ1v) is 8.02. The first-order chi connectivity index (χ1) is 9.08. The molecule has 1 aliphatic heterocycles. The Hall–Kier alpha value is 0.0500. The summed E-state index contributed by atoms with van der Waals surface area (Å²) in [7, 11) is 0. The van der Waals surface area contributed by atoms with Crippen LogP contribution in [0.4, 0.5) is 0 Å². The lowest BCUT2D eigenvalue weighted by atomic mass is 9.81. The summed E-state index contributed by atoms with van der Waals surface area (Å²) in [5.41, 5.74) is 1.32. The van der Waals surface area contributed by atoms with Crippen LogP contribution in [0, 0.1) is 5.92 Å². The smallest absolute Gasteiger partial charge is 0.0595 e. The summed E-state index contributed by atoms with van der Waals surface area (Å²) >= 11 is 12.2. The van der Waals surface area contributed by atoms with Gasteiger partial charge in [-0.1, -0.05) is 49.5 Å². The van der Waals surface area contributed by atoms with Crippen LogP contribution in [0.15, 0.2) is 18.2 Å². The summed E-state index contributed by atoms with van der Waals surface area (Å²) in [6.45, 7) is 5.71. The Kier molecular flexibility index (Phi) is 7.68. The lowest BCUT2D eigenvalue weighted by Gasteiger charge is -2.33. The molecular formula is C16H24Cl3N. The number of benzene rings is 1. The fourth-order valence-electron chi connectivity index (χ4n) is 3.01. The third-order valence-electron chi connectivity index (χ3n) is 3.93. The van der Waals surface area contributed by atoms with E-state index in [9.17, 15) is 0 Å². The van der Waals surface area contributed by atoms with Gasteiger partial charge in [-0.15, -0.1) is 12.4 Å². The fraction of sp³-hybridized carbons (Fsp3) is 0.625. The Labute approximate surface area is 138 Å². The highest BCUT2D eigenvalue weighted by atomic mass is 35.5. The van der Waals surface area contributed by atoms with Crippen molar-refractivity contribution in [2.75, 3.05) is 6.54 Å². The van der Waals surface area contributed by atoms with Crippen molar-refractivity contribution < 1.29 is 0 Å². The normalized spacial score (nSPS) is 20.6. The number of halogens is 3. The van der Waals surface area contributed by atoms with Crippen LogP contribution in [0.2, 0.25) is 10.0 Å². The number of hydrogen-bond donors (Lipinski definition) is 1. The van der Waals surface area contributed by atoms with E-state index >= 15 is 0 Å². The van der Waals surface area contributed by atoms with Gasteiger partial charge in [0.1, 0.15) is 0 Å². The van der Waals surface area contributed by atoms with E-state index in [1.54, 1.807) is 0 Å². The van der Waals surface area contributed by atoms with Crippen LogP contribution in [0.5, 0.6) is 0 Å². The third kappa shape index (κ3) is 4.80. The molecule has 0 bridgehead atoms. The van der Waals surface area contributed by atoms with Gasteiger partial charge in [-0.05, 0) is 55.3 Å². The molecule has 0 aliphatic carbocycles. The van der Waals surface area contributed by atoms with Crippen LogP contribution in [-0.4, -0.2) is 12.6 Å². The molecule has 0 radical (unpaired) electrons. The second-order valence-corrected chi connectivity index (χ2v) is 6.78.